The van der Waals surface area contributed by atoms with Gasteiger partial charge in [0.2, 0.25) is 0 Å². The zero-order chi connectivity index (χ0) is 52.6. The smallest absolute Gasteiger partial charge is 0.303 e. The monoisotopic (exact) mass is 987 g/mol. The highest BCUT2D eigenvalue weighted by atomic mass is 16.4. The molecule has 0 bridgehead atoms. The summed E-state index contributed by atoms with van der Waals surface area (Å²) >= 11 is 0. The van der Waals surface area contributed by atoms with Crippen LogP contribution in [0.4, 0.5) is 0 Å². The minimum absolute atomic E-state index is 0.332. The fourth-order valence-electron chi connectivity index (χ4n) is 6.05. The van der Waals surface area contributed by atoms with E-state index in [4.69, 9.17) is 61.3 Å². The number of carboxylic acid groups (broad SMARTS) is 3. The van der Waals surface area contributed by atoms with E-state index in [1.807, 2.05) is 0 Å². The van der Waals surface area contributed by atoms with Gasteiger partial charge in [0.15, 0.2) is 0 Å². The second-order valence-corrected chi connectivity index (χ2v) is 17.4. The fourth-order valence-corrected chi connectivity index (χ4v) is 6.05. The highest BCUT2D eigenvalue weighted by molar-refractivity contribution is 5.67. The molecule has 12 N–H and O–H groups in total. The van der Waals surface area contributed by atoms with Crippen LogP contribution in [0.3, 0.4) is 0 Å². The van der Waals surface area contributed by atoms with Crippen LogP contribution in [0.2, 0.25) is 0 Å². The number of carboxylic acids is 3. The van der Waals surface area contributed by atoms with E-state index in [-0.39, 0.29) is 39.6 Å². The molecule has 0 fully saturated rings. The molecule has 0 saturated heterocycles. The lowest BCUT2D eigenvalue weighted by Crippen LogP contribution is -2.15. The third-order valence-electron chi connectivity index (χ3n) is 10.4. The Kier molecular flexibility index (Phi) is 83.8. The Labute approximate surface area is 414 Å². The first-order valence-electron chi connectivity index (χ1n) is 26.7. The number of unbranched alkanes of at least 4 members (excludes halogenated alkanes) is 29. The summed E-state index contributed by atoms with van der Waals surface area (Å²) in [6, 6.07) is 0. The van der Waals surface area contributed by atoms with Crippen LogP contribution < -0.4 is 0 Å². The normalized spacial score (nSPS) is 10.6. The number of carbonyl (C=O) groups is 3. The summed E-state index contributed by atoms with van der Waals surface area (Å²) in [5.74, 6) is -1.99. The number of aliphatic hydroxyl groups excluding tert-OH is 9. The van der Waals surface area contributed by atoms with Gasteiger partial charge in [0.1, 0.15) is 18.3 Å². The van der Waals surface area contributed by atoms with E-state index < -0.39 is 36.2 Å². The predicted molar refractivity (Wildman–Crippen MR) is 276 cm³/mol. The highest BCUT2D eigenvalue weighted by Gasteiger charge is 1.99. The predicted octanol–water partition coefficient (Wildman–Crippen LogP) is 9.87. The third-order valence-corrected chi connectivity index (χ3v) is 10.4. The summed E-state index contributed by atoms with van der Waals surface area (Å²) in [7, 11) is 0. The average Bonchev–Trinajstić information content (AvgIpc) is 3.33. The molecule has 0 unspecified atom stereocenters. The van der Waals surface area contributed by atoms with Gasteiger partial charge >= 0.3 is 17.9 Å². The summed E-state index contributed by atoms with van der Waals surface area (Å²) in [5.41, 5.74) is 0. The molecular weight excluding hydrogens is 877 g/mol. The van der Waals surface area contributed by atoms with Gasteiger partial charge in [-0.2, -0.15) is 0 Å². The van der Waals surface area contributed by atoms with Crippen LogP contribution >= 0.6 is 0 Å². The van der Waals surface area contributed by atoms with Crippen molar-refractivity contribution in [2.45, 2.75) is 270 Å². The van der Waals surface area contributed by atoms with E-state index in [1.54, 1.807) is 0 Å². The first-order chi connectivity index (χ1) is 32.7. The van der Waals surface area contributed by atoms with Gasteiger partial charge in [0.25, 0.3) is 0 Å². The molecule has 0 aliphatic rings. The third kappa shape index (κ3) is 97.5. The maximum absolute atomic E-state index is 10.3. The Hall–Kier alpha value is -2.21. The zero-order valence-corrected chi connectivity index (χ0v) is 43.7. The van der Waals surface area contributed by atoms with Crippen molar-refractivity contribution in [2.24, 2.45) is 0 Å². The van der Waals surface area contributed by atoms with E-state index >= 15 is 0 Å². The van der Waals surface area contributed by atoms with E-state index in [9.17, 15) is 14.4 Å². The van der Waals surface area contributed by atoms with E-state index in [1.165, 1.54) is 173 Å². The summed E-state index contributed by atoms with van der Waals surface area (Å²) < 4.78 is 0. The zero-order valence-electron chi connectivity index (χ0n) is 43.7. The molecule has 0 amide bonds. The molecule has 0 saturated carbocycles. The number of allylic oxidation sites excluding steroid dienone is 2. The van der Waals surface area contributed by atoms with Gasteiger partial charge in [0.05, 0.1) is 39.6 Å². The van der Waals surface area contributed by atoms with Crippen molar-refractivity contribution < 1.29 is 75.7 Å². The van der Waals surface area contributed by atoms with Crippen molar-refractivity contribution in [3.05, 3.63) is 12.2 Å². The van der Waals surface area contributed by atoms with Gasteiger partial charge in [-0.25, -0.2) is 0 Å². The SMILES string of the molecule is CCCCCCCC(=O)O.CCCCCCCC/C=C\CCCCCCCC(=O)O.CCCCCCCCCCCCCCCCCC(=O)O.OCC(O)CO.OCC(O)CO.OCC(O)CO. The van der Waals surface area contributed by atoms with Crippen molar-refractivity contribution in [1.82, 2.24) is 0 Å². The minimum atomic E-state index is -0.954. The van der Waals surface area contributed by atoms with Crippen molar-refractivity contribution >= 4 is 17.9 Å². The fraction of sp³-hybridized carbons (Fsp3) is 0.906. The Morgan fingerprint density at radius 1 is 0.294 bits per heavy atom. The van der Waals surface area contributed by atoms with Gasteiger partial charge in [-0.15, -0.1) is 0 Å². The quantitative estimate of drug-likeness (QED) is 0.0200. The maximum Gasteiger partial charge on any atom is 0.303 e. The molecule has 0 aliphatic heterocycles. The topological polar surface area (TPSA) is 294 Å². The largest absolute Gasteiger partial charge is 0.481 e. The molecule has 15 nitrogen and oxygen atoms in total. The second kappa shape index (κ2) is 73.7. The maximum atomic E-state index is 10.3. The standard InChI is InChI=1S/C18H36O2.C18H34O2.C8H16O2.3C3H8O3/c2*1-2-3-4-5-6-7-8-9-10-11-12-13-14-15-16-17-18(19)20;1-2-3-4-5-6-7-8(9)10;3*4-1-3(6)2-5/h2-17H2,1H3,(H,19,20);9-10H,2-8,11-17H2,1H3,(H,19,20);2-7H2,1H3,(H,9,10);3*3-6H,1-2H2/b;10-9-;;;;. The van der Waals surface area contributed by atoms with Crippen LogP contribution in [-0.4, -0.2) is 137 Å². The van der Waals surface area contributed by atoms with E-state index in [0.717, 1.165) is 38.5 Å². The van der Waals surface area contributed by atoms with E-state index in [2.05, 4.69) is 32.9 Å². The Morgan fingerprint density at radius 3 is 0.603 bits per heavy atom. The van der Waals surface area contributed by atoms with Crippen LogP contribution in [0.15, 0.2) is 12.2 Å². The summed E-state index contributed by atoms with van der Waals surface area (Å²) in [4.78, 5) is 30.7. The van der Waals surface area contributed by atoms with Crippen LogP contribution in [0.1, 0.15) is 252 Å². The molecule has 15 heteroatoms. The molecule has 0 rings (SSSR count). The molecule has 0 aromatic heterocycles. The molecule has 0 heterocycles. The molecule has 0 atom stereocenters. The van der Waals surface area contributed by atoms with Crippen molar-refractivity contribution in [3.63, 3.8) is 0 Å². The first kappa shape index (κ1) is 77.3. The second-order valence-electron chi connectivity index (χ2n) is 17.4. The van der Waals surface area contributed by atoms with Gasteiger partial charge in [-0.1, -0.05) is 200 Å². The number of hydrogen-bond donors (Lipinski definition) is 12. The van der Waals surface area contributed by atoms with Crippen molar-refractivity contribution in [3.8, 4) is 0 Å². The number of aliphatic hydroxyl groups is 9. The van der Waals surface area contributed by atoms with Gasteiger partial charge in [-0.3, -0.25) is 14.4 Å². The average molecular weight is 987 g/mol. The molecule has 0 radical (unpaired) electrons. The number of rotatable bonds is 43. The van der Waals surface area contributed by atoms with Gasteiger partial charge in [-0.05, 0) is 44.9 Å². The molecule has 0 spiro atoms. The molecular formula is C53H110O15. The van der Waals surface area contributed by atoms with Gasteiger partial charge < -0.3 is 61.3 Å². The van der Waals surface area contributed by atoms with E-state index in [0.29, 0.717) is 19.3 Å². The molecule has 0 aromatic rings. The minimum Gasteiger partial charge on any atom is -0.481 e. The number of hydrogen-bond acceptors (Lipinski definition) is 12. The van der Waals surface area contributed by atoms with Crippen molar-refractivity contribution in [2.75, 3.05) is 39.6 Å². The van der Waals surface area contributed by atoms with Crippen LogP contribution in [-0.2, 0) is 14.4 Å². The molecule has 68 heavy (non-hydrogen) atoms. The Balaban J connectivity index is -0.000000184. The molecule has 0 aliphatic carbocycles. The Bertz CT molecular complexity index is 919. The van der Waals surface area contributed by atoms with Crippen LogP contribution in [0.25, 0.3) is 0 Å². The number of aliphatic carboxylic acids is 3. The highest BCUT2D eigenvalue weighted by Crippen LogP contribution is 2.14. The van der Waals surface area contributed by atoms with Crippen LogP contribution in [0, 0.1) is 0 Å². The Morgan fingerprint density at radius 2 is 0.456 bits per heavy atom. The summed E-state index contributed by atoms with van der Waals surface area (Å²) in [6.07, 6.45) is 44.5. The van der Waals surface area contributed by atoms with Crippen LogP contribution in [0.5, 0.6) is 0 Å². The molecule has 0 aromatic carbocycles. The lowest BCUT2D eigenvalue weighted by molar-refractivity contribution is -0.138. The first-order valence-corrected chi connectivity index (χ1v) is 26.7. The van der Waals surface area contributed by atoms with Gasteiger partial charge in [0, 0.05) is 19.3 Å². The summed E-state index contributed by atoms with van der Waals surface area (Å²) in [6.45, 7) is 4.49. The summed E-state index contributed by atoms with van der Waals surface area (Å²) in [5, 5.41) is 97.3. The van der Waals surface area contributed by atoms with Crippen molar-refractivity contribution in [1.29, 1.82) is 0 Å². The molecule has 412 valence electrons. The lowest BCUT2D eigenvalue weighted by atomic mass is 10.0. The lowest BCUT2D eigenvalue weighted by Gasteiger charge is -2.03.